The molecule has 0 bridgehead atoms. The van der Waals surface area contributed by atoms with Crippen LogP contribution in [0.5, 0.6) is 0 Å². The van der Waals surface area contributed by atoms with E-state index >= 15 is 0 Å². The molecule has 1 aliphatic heterocycles. The molecule has 0 amide bonds. The highest BCUT2D eigenvalue weighted by molar-refractivity contribution is 5.80. The van der Waals surface area contributed by atoms with Crippen LogP contribution in [0.3, 0.4) is 0 Å². The second kappa shape index (κ2) is 3.33. The van der Waals surface area contributed by atoms with Crippen molar-refractivity contribution in [1.29, 1.82) is 0 Å². The first-order valence-corrected chi connectivity index (χ1v) is 5.52. The van der Waals surface area contributed by atoms with E-state index in [1.165, 1.54) is 5.52 Å². The zero-order valence-electron chi connectivity index (χ0n) is 9.23. The lowest BCUT2D eigenvalue weighted by atomic mass is 10.3. The van der Waals surface area contributed by atoms with Gasteiger partial charge in [-0.15, -0.1) is 0 Å². The number of anilines is 1. The van der Waals surface area contributed by atoms with Gasteiger partial charge in [0, 0.05) is 0 Å². The Morgan fingerprint density at radius 1 is 1.50 bits per heavy atom. The minimum Gasteiger partial charge on any atom is -0.296 e. The molecule has 2 heterocycles. The minimum absolute atomic E-state index is 0.179. The van der Waals surface area contributed by atoms with Crippen molar-refractivity contribution in [3.63, 3.8) is 0 Å². The van der Waals surface area contributed by atoms with Crippen molar-refractivity contribution in [3.8, 4) is 0 Å². The van der Waals surface area contributed by atoms with E-state index in [0.29, 0.717) is 6.54 Å². The van der Waals surface area contributed by atoms with E-state index in [2.05, 4.69) is 26.6 Å². The van der Waals surface area contributed by atoms with Gasteiger partial charge in [0.05, 0.1) is 6.54 Å². The third-order valence-corrected chi connectivity index (χ3v) is 2.97. The molecule has 0 saturated heterocycles. The summed E-state index contributed by atoms with van der Waals surface area (Å²) in [5.74, 6) is 1.23. The summed E-state index contributed by atoms with van der Waals surface area (Å²) in [5.41, 5.74) is 2.32. The Kier molecular flexibility index (Phi) is 1.96. The molecule has 0 spiro atoms. The number of nitrogens with zero attached hydrogens (tertiary/aromatic N) is 2. The molecule has 1 N–H and O–H groups in total. The number of benzene rings is 1. The molecule has 4 heteroatoms. The topological polar surface area (TPSA) is 37.9 Å². The number of hydrogen-bond donors (Lipinski definition) is 1. The van der Waals surface area contributed by atoms with Crippen molar-refractivity contribution in [2.24, 2.45) is 0 Å². The Bertz CT molecular complexity index is 571. The molecule has 1 aromatic carbocycles. The number of nitrogens with one attached hydrogen (secondary N) is 1. The van der Waals surface area contributed by atoms with E-state index in [0.717, 1.165) is 24.6 Å². The summed E-state index contributed by atoms with van der Waals surface area (Å²) in [6.45, 7) is 3.98. The quantitative estimate of drug-likeness (QED) is 0.759. The van der Waals surface area contributed by atoms with Crippen LogP contribution in [0.25, 0.3) is 11.0 Å². The maximum absolute atomic E-state index is 11.3. The van der Waals surface area contributed by atoms with Gasteiger partial charge in [-0.05, 0) is 19.1 Å². The molecule has 4 nitrogen and oxygen atoms in total. The maximum Gasteiger partial charge on any atom is 0.359 e. The van der Waals surface area contributed by atoms with Gasteiger partial charge in [-0.1, -0.05) is 12.1 Å². The highest BCUT2D eigenvalue weighted by atomic mass is 16.1. The molecule has 0 atom stereocenters. The zero-order chi connectivity index (χ0) is 11.1. The summed E-state index contributed by atoms with van der Waals surface area (Å²) in [4.78, 5) is 11.3. The Labute approximate surface area is 93.5 Å². The molecule has 0 unspecified atom stereocenters. The van der Waals surface area contributed by atoms with Crippen molar-refractivity contribution in [3.05, 3.63) is 24.3 Å². The summed E-state index contributed by atoms with van der Waals surface area (Å²) >= 11 is 0. The number of Topliss-reactive ketones (excluding diaryl/α,β-unsaturated/α-hetero) is 1. The first kappa shape index (κ1) is 9.39. The van der Waals surface area contributed by atoms with Crippen molar-refractivity contribution in [2.45, 2.75) is 20.0 Å². The number of hydrogen-bond acceptors (Lipinski definition) is 2. The van der Waals surface area contributed by atoms with Gasteiger partial charge < -0.3 is 0 Å². The van der Waals surface area contributed by atoms with Crippen LogP contribution in [0.2, 0.25) is 0 Å². The van der Waals surface area contributed by atoms with Crippen molar-refractivity contribution >= 4 is 22.8 Å². The third-order valence-electron chi connectivity index (χ3n) is 2.97. The van der Waals surface area contributed by atoms with Crippen LogP contribution in [0.1, 0.15) is 6.92 Å². The molecule has 0 aliphatic carbocycles. The normalized spacial score (nSPS) is 13.8. The second-order valence-corrected chi connectivity index (χ2v) is 4.18. The van der Waals surface area contributed by atoms with Gasteiger partial charge in [-0.3, -0.25) is 10.1 Å². The van der Waals surface area contributed by atoms with E-state index in [1.807, 2.05) is 12.1 Å². The highest BCUT2D eigenvalue weighted by Crippen LogP contribution is 2.19. The number of rotatable bonds is 2. The summed E-state index contributed by atoms with van der Waals surface area (Å²) in [5, 5.41) is 3.34. The number of imidazole rings is 1. The Hall–Kier alpha value is -1.84. The molecule has 0 saturated carbocycles. The Balaban J connectivity index is 2.28. The number of ketones is 1. The van der Waals surface area contributed by atoms with Gasteiger partial charge in [0.25, 0.3) is 0 Å². The van der Waals surface area contributed by atoms with Gasteiger partial charge in [0.15, 0.2) is 5.78 Å². The molecule has 82 valence electrons. The molecule has 0 fully saturated rings. The van der Waals surface area contributed by atoms with E-state index < -0.39 is 0 Å². The fourth-order valence-electron chi connectivity index (χ4n) is 2.37. The van der Waals surface area contributed by atoms with Crippen LogP contribution in [-0.4, -0.2) is 16.9 Å². The number of fused-ring (bicyclic) bond motifs is 3. The molecular formula is C12H14N3O+. The lowest BCUT2D eigenvalue weighted by molar-refractivity contribution is -0.644. The smallest absolute Gasteiger partial charge is 0.296 e. The van der Waals surface area contributed by atoms with E-state index in [-0.39, 0.29) is 5.78 Å². The maximum atomic E-state index is 11.3. The summed E-state index contributed by atoms with van der Waals surface area (Å²) in [6.07, 6.45) is 0. The van der Waals surface area contributed by atoms with Crippen LogP contribution in [-0.2, 0) is 17.9 Å². The third kappa shape index (κ3) is 1.23. The summed E-state index contributed by atoms with van der Waals surface area (Å²) < 4.78 is 4.29. The lowest BCUT2D eigenvalue weighted by Crippen LogP contribution is -2.29. The van der Waals surface area contributed by atoms with Gasteiger partial charge in [-0.2, -0.15) is 0 Å². The molecule has 0 radical (unpaired) electrons. The van der Waals surface area contributed by atoms with Crippen LogP contribution in [0.4, 0.5) is 5.95 Å². The zero-order valence-corrected chi connectivity index (χ0v) is 9.23. The van der Waals surface area contributed by atoms with Gasteiger partial charge in [0.2, 0.25) is 0 Å². The SMILES string of the molecule is CC(=O)Cn1c2[n+](c3ccccc31)CCN2. The molecule has 1 aliphatic rings. The minimum atomic E-state index is 0.179. The number of aromatic nitrogens is 2. The first-order valence-electron chi connectivity index (χ1n) is 5.52. The van der Waals surface area contributed by atoms with Crippen molar-refractivity contribution in [2.75, 3.05) is 11.9 Å². The standard InChI is InChI=1S/C12H13N3O/c1-9(16)8-15-11-5-3-2-4-10(11)14-7-6-13-12(14)15/h2-5H,6-8H2,1H3/p+1. The summed E-state index contributed by atoms with van der Waals surface area (Å²) in [6, 6.07) is 8.20. The van der Waals surface area contributed by atoms with Crippen molar-refractivity contribution in [1.82, 2.24) is 4.57 Å². The second-order valence-electron chi connectivity index (χ2n) is 4.18. The fraction of sp³-hybridized carbons (Fsp3) is 0.333. The largest absolute Gasteiger partial charge is 0.359 e. The lowest BCUT2D eigenvalue weighted by Gasteiger charge is -1.98. The fourth-order valence-corrected chi connectivity index (χ4v) is 2.37. The number of carbonyl (C=O) groups excluding carboxylic acids is 1. The molecule has 16 heavy (non-hydrogen) atoms. The molecular weight excluding hydrogens is 202 g/mol. The summed E-state index contributed by atoms with van der Waals surface area (Å²) in [7, 11) is 0. The van der Waals surface area contributed by atoms with Crippen LogP contribution < -0.4 is 9.88 Å². The van der Waals surface area contributed by atoms with E-state index in [9.17, 15) is 4.79 Å². The highest BCUT2D eigenvalue weighted by Gasteiger charge is 2.27. The monoisotopic (exact) mass is 216 g/mol. The van der Waals surface area contributed by atoms with Crippen LogP contribution >= 0.6 is 0 Å². The van der Waals surface area contributed by atoms with Crippen LogP contribution in [0, 0.1) is 0 Å². The number of carbonyl (C=O) groups is 1. The molecule has 3 rings (SSSR count). The Morgan fingerprint density at radius 2 is 2.31 bits per heavy atom. The predicted molar refractivity (Wildman–Crippen MR) is 61.3 cm³/mol. The Morgan fingerprint density at radius 3 is 3.12 bits per heavy atom. The first-order chi connectivity index (χ1) is 7.77. The van der Waals surface area contributed by atoms with E-state index in [4.69, 9.17) is 0 Å². The van der Waals surface area contributed by atoms with Crippen molar-refractivity contribution < 1.29 is 9.36 Å². The molecule has 1 aromatic heterocycles. The van der Waals surface area contributed by atoms with E-state index in [1.54, 1.807) is 6.92 Å². The predicted octanol–water partition coefficient (Wildman–Crippen LogP) is 0.943. The average molecular weight is 216 g/mol. The van der Waals surface area contributed by atoms with Crippen LogP contribution in [0.15, 0.2) is 24.3 Å². The van der Waals surface area contributed by atoms with Gasteiger partial charge in [0.1, 0.15) is 24.1 Å². The van der Waals surface area contributed by atoms with Gasteiger partial charge in [-0.25, -0.2) is 9.13 Å². The van der Waals surface area contributed by atoms with Gasteiger partial charge >= 0.3 is 5.95 Å². The average Bonchev–Trinajstić information content (AvgIpc) is 2.82. The number of para-hydroxylation sites is 2. The molecule has 2 aromatic rings.